The fourth-order valence-electron chi connectivity index (χ4n) is 2.99. The largest absolute Gasteiger partial charge is 0.425 e. The van der Waals surface area contributed by atoms with E-state index in [1.807, 2.05) is 10.6 Å². The zero-order chi connectivity index (χ0) is 14.0. The summed E-state index contributed by atoms with van der Waals surface area (Å²) in [7, 11) is 0. The molecule has 0 saturated heterocycles. The fraction of sp³-hybridized carbons (Fsp3) is 0.231. The van der Waals surface area contributed by atoms with Gasteiger partial charge in [0.2, 0.25) is 10.9 Å². The van der Waals surface area contributed by atoms with Gasteiger partial charge in [-0.3, -0.25) is 9.67 Å². The van der Waals surface area contributed by atoms with Gasteiger partial charge in [-0.2, -0.15) is 0 Å². The fourth-order valence-corrected chi connectivity index (χ4v) is 3.82. The number of rotatable bonds is 1. The number of aromatic nitrogens is 3. The van der Waals surface area contributed by atoms with Gasteiger partial charge in [-0.15, -0.1) is 5.10 Å². The molecule has 0 spiro atoms. The van der Waals surface area contributed by atoms with Crippen LogP contribution in [0.1, 0.15) is 29.8 Å². The molecule has 2 aromatic rings. The molecule has 0 radical (unpaired) electrons. The third-order valence-electron chi connectivity index (χ3n) is 3.86. The van der Waals surface area contributed by atoms with Crippen LogP contribution in [0.15, 0.2) is 22.3 Å². The summed E-state index contributed by atoms with van der Waals surface area (Å²) in [4.78, 5) is 0. The van der Waals surface area contributed by atoms with Crippen molar-refractivity contribution in [3.8, 4) is 5.88 Å². The second-order valence-electron chi connectivity index (χ2n) is 4.81. The molecule has 5 nitrogen and oxygen atoms in total. The molecule has 2 aromatic heterocycles. The van der Waals surface area contributed by atoms with Gasteiger partial charge in [0.05, 0.1) is 21.7 Å². The number of nitrogens with one attached hydrogen (secondary N) is 1. The quantitative estimate of drug-likeness (QED) is 0.775. The van der Waals surface area contributed by atoms with Crippen molar-refractivity contribution in [2.24, 2.45) is 5.73 Å². The maximum atomic E-state index is 6.27. The van der Waals surface area contributed by atoms with Gasteiger partial charge >= 0.3 is 0 Å². The van der Waals surface area contributed by atoms with Crippen molar-refractivity contribution < 1.29 is 4.74 Å². The van der Waals surface area contributed by atoms with E-state index < -0.39 is 0 Å². The topological polar surface area (TPSA) is 68.9 Å². The van der Waals surface area contributed by atoms with E-state index in [0.717, 1.165) is 33.5 Å². The van der Waals surface area contributed by atoms with Crippen LogP contribution in [-0.2, 0) is 6.42 Å². The SMILES string of the molecule is CCc1[nH]nc2c1C1C(=C(N)n3c(Br)ccc31)C(=S)O2. The number of nitrogens with two attached hydrogens (primary N) is 1. The number of aryl methyl sites for hydroxylation is 1. The third kappa shape index (κ3) is 1.31. The highest BCUT2D eigenvalue weighted by molar-refractivity contribution is 9.10. The molecule has 0 aromatic carbocycles. The van der Waals surface area contributed by atoms with Crippen LogP contribution in [-0.4, -0.2) is 19.8 Å². The van der Waals surface area contributed by atoms with E-state index in [2.05, 4.69) is 39.1 Å². The Hall–Kier alpha value is -1.60. The van der Waals surface area contributed by atoms with Crippen molar-refractivity contribution in [1.29, 1.82) is 0 Å². The molecule has 20 heavy (non-hydrogen) atoms. The molecule has 3 N–H and O–H groups in total. The van der Waals surface area contributed by atoms with E-state index in [1.165, 1.54) is 0 Å². The van der Waals surface area contributed by atoms with Crippen LogP contribution in [0.25, 0.3) is 5.82 Å². The molecule has 0 fully saturated rings. The number of hydrogen-bond donors (Lipinski definition) is 2. The molecule has 1 unspecified atom stereocenters. The first-order valence-electron chi connectivity index (χ1n) is 6.30. The molecule has 4 rings (SSSR count). The lowest BCUT2D eigenvalue weighted by Crippen LogP contribution is -2.22. The van der Waals surface area contributed by atoms with E-state index in [-0.39, 0.29) is 5.92 Å². The van der Waals surface area contributed by atoms with Crippen LogP contribution < -0.4 is 10.5 Å². The van der Waals surface area contributed by atoms with Crippen LogP contribution in [0.3, 0.4) is 0 Å². The number of fused-ring (bicyclic) bond motifs is 5. The van der Waals surface area contributed by atoms with Gasteiger partial charge in [0.1, 0.15) is 5.82 Å². The minimum absolute atomic E-state index is 0.00579. The van der Waals surface area contributed by atoms with Crippen molar-refractivity contribution in [2.45, 2.75) is 19.3 Å². The lowest BCUT2D eigenvalue weighted by atomic mass is 9.88. The molecule has 102 valence electrons. The molecular weight excluding hydrogens is 340 g/mol. The minimum Gasteiger partial charge on any atom is -0.425 e. The number of H-pyrrole nitrogens is 1. The summed E-state index contributed by atoms with van der Waals surface area (Å²) in [6.45, 7) is 2.08. The maximum Gasteiger partial charge on any atom is 0.243 e. The molecular formula is C13H11BrN4OS. The molecule has 7 heteroatoms. The zero-order valence-corrected chi connectivity index (χ0v) is 13.0. The summed E-state index contributed by atoms with van der Waals surface area (Å²) in [6.07, 6.45) is 0.851. The Morgan fingerprint density at radius 2 is 2.35 bits per heavy atom. The number of aromatic amines is 1. The van der Waals surface area contributed by atoms with Gasteiger partial charge in [0, 0.05) is 11.4 Å². The van der Waals surface area contributed by atoms with Crippen LogP contribution in [0.2, 0.25) is 0 Å². The number of ether oxygens (including phenoxy) is 1. The molecule has 2 aliphatic heterocycles. The Labute approximate surface area is 128 Å². The Bertz CT molecular complexity index is 788. The van der Waals surface area contributed by atoms with Crippen molar-refractivity contribution in [1.82, 2.24) is 14.8 Å². The number of halogens is 1. The first kappa shape index (κ1) is 12.2. The standard InChI is InChI=1S/C13H11BrN4OS/c1-2-5-8-9-6-3-4-7(14)18(6)11(15)10(9)13(20)19-12(8)17-16-5/h3-4,9H,2,15H2,1H3,(H,16,17). The Kier molecular flexibility index (Phi) is 2.41. The van der Waals surface area contributed by atoms with Crippen molar-refractivity contribution in [3.05, 3.63) is 39.3 Å². The molecule has 4 heterocycles. The molecule has 0 aliphatic carbocycles. The first-order valence-corrected chi connectivity index (χ1v) is 7.50. The summed E-state index contributed by atoms with van der Waals surface area (Å²) in [5, 5.41) is 7.66. The summed E-state index contributed by atoms with van der Waals surface area (Å²) in [5.41, 5.74) is 10.3. The van der Waals surface area contributed by atoms with Crippen LogP contribution >= 0.6 is 28.1 Å². The van der Waals surface area contributed by atoms with Crippen LogP contribution in [0.4, 0.5) is 0 Å². The maximum absolute atomic E-state index is 6.27. The van der Waals surface area contributed by atoms with Crippen molar-refractivity contribution in [2.75, 3.05) is 0 Å². The van der Waals surface area contributed by atoms with E-state index in [0.29, 0.717) is 16.8 Å². The average molecular weight is 351 g/mol. The third-order valence-corrected chi connectivity index (χ3v) is 4.79. The lowest BCUT2D eigenvalue weighted by molar-refractivity contribution is 0.513. The Morgan fingerprint density at radius 3 is 3.10 bits per heavy atom. The highest BCUT2D eigenvalue weighted by atomic mass is 79.9. The number of nitrogens with zero attached hydrogens (tertiary/aromatic N) is 2. The Balaban J connectivity index is 2.06. The van der Waals surface area contributed by atoms with Crippen molar-refractivity contribution in [3.63, 3.8) is 0 Å². The second-order valence-corrected chi connectivity index (χ2v) is 6.00. The Morgan fingerprint density at radius 1 is 1.55 bits per heavy atom. The van der Waals surface area contributed by atoms with Crippen molar-refractivity contribution >= 4 is 39.0 Å². The molecule has 0 amide bonds. The first-order chi connectivity index (χ1) is 9.63. The van der Waals surface area contributed by atoms with E-state index in [9.17, 15) is 0 Å². The number of thiocarbonyl (C=S) groups is 1. The van der Waals surface area contributed by atoms with Crippen LogP contribution in [0, 0.1) is 0 Å². The predicted molar refractivity (Wildman–Crippen MR) is 82.6 cm³/mol. The van der Waals surface area contributed by atoms with Gasteiger partial charge < -0.3 is 10.5 Å². The lowest BCUT2D eigenvalue weighted by Gasteiger charge is -2.22. The normalized spacial score (nSPS) is 19.7. The highest BCUT2D eigenvalue weighted by Gasteiger charge is 2.43. The average Bonchev–Trinajstić information content (AvgIpc) is 3.06. The molecule has 0 bridgehead atoms. The van der Waals surface area contributed by atoms with Gasteiger partial charge in [-0.1, -0.05) is 6.92 Å². The number of hydrogen-bond acceptors (Lipinski definition) is 4. The van der Waals surface area contributed by atoms with Crippen LogP contribution in [0.5, 0.6) is 5.88 Å². The molecule has 0 saturated carbocycles. The zero-order valence-electron chi connectivity index (χ0n) is 10.6. The smallest absolute Gasteiger partial charge is 0.243 e. The van der Waals surface area contributed by atoms with Gasteiger partial charge in [-0.05, 0) is 46.7 Å². The minimum atomic E-state index is 0.00579. The van der Waals surface area contributed by atoms with Gasteiger partial charge in [0.25, 0.3) is 0 Å². The molecule has 1 atom stereocenters. The predicted octanol–water partition coefficient (Wildman–Crippen LogP) is 2.53. The summed E-state index contributed by atoms with van der Waals surface area (Å²) in [5.74, 6) is 1.20. The second kappa shape index (κ2) is 3.95. The van der Waals surface area contributed by atoms with E-state index in [4.69, 9.17) is 22.7 Å². The monoisotopic (exact) mass is 350 g/mol. The van der Waals surface area contributed by atoms with Gasteiger partial charge in [0.15, 0.2) is 0 Å². The summed E-state index contributed by atoms with van der Waals surface area (Å²) >= 11 is 8.88. The molecule has 2 aliphatic rings. The highest BCUT2D eigenvalue weighted by Crippen LogP contribution is 2.49. The van der Waals surface area contributed by atoms with E-state index >= 15 is 0 Å². The summed E-state index contributed by atoms with van der Waals surface area (Å²) in [6, 6.07) is 4.04. The van der Waals surface area contributed by atoms with E-state index in [1.54, 1.807) is 0 Å². The summed E-state index contributed by atoms with van der Waals surface area (Å²) < 4.78 is 8.55. The van der Waals surface area contributed by atoms with Gasteiger partial charge in [-0.25, -0.2) is 0 Å².